The molecule has 3 rings (SSSR count). The minimum absolute atomic E-state index is 0.0554. The number of carbonyl (C=O) groups excluding carboxylic acids is 1. The summed E-state index contributed by atoms with van der Waals surface area (Å²) in [7, 11) is 1.71. The van der Waals surface area contributed by atoms with Gasteiger partial charge >= 0.3 is 0 Å². The Morgan fingerprint density at radius 3 is 2.56 bits per heavy atom. The van der Waals surface area contributed by atoms with Gasteiger partial charge in [0.15, 0.2) is 0 Å². The van der Waals surface area contributed by atoms with Crippen molar-refractivity contribution in [1.29, 1.82) is 5.41 Å². The smallest absolute Gasteiger partial charge is 0.227 e. The summed E-state index contributed by atoms with van der Waals surface area (Å²) in [5.74, 6) is -0.217. The maximum atomic E-state index is 13.5. The molecule has 2 aromatic carbocycles. The molecular formula is C24H29Cl2N3O3. The lowest BCUT2D eigenvalue weighted by molar-refractivity contribution is -0.137. The van der Waals surface area contributed by atoms with E-state index in [1.54, 1.807) is 37.9 Å². The summed E-state index contributed by atoms with van der Waals surface area (Å²) in [4.78, 5) is 15.2. The van der Waals surface area contributed by atoms with Gasteiger partial charge in [0.05, 0.1) is 30.7 Å². The first kappa shape index (κ1) is 24.5. The van der Waals surface area contributed by atoms with Crippen LogP contribution in [-0.4, -0.2) is 45.9 Å². The Labute approximate surface area is 198 Å². The number of fused-ring (bicyclic) bond motifs is 1. The number of nitrogens with one attached hydrogen (secondary N) is 2. The Hall–Kier alpha value is -2.12. The number of aliphatic hydroxyl groups excluding tert-OH is 1. The van der Waals surface area contributed by atoms with E-state index in [9.17, 15) is 15.0 Å². The van der Waals surface area contributed by atoms with Crippen LogP contribution >= 0.6 is 23.2 Å². The molecule has 1 aliphatic rings. The number of benzene rings is 2. The zero-order valence-corrected chi connectivity index (χ0v) is 20.2. The van der Waals surface area contributed by atoms with E-state index < -0.39 is 11.6 Å². The molecule has 4 N–H and O–H groups in total. The highest BCUT2D eigenvalue weighted by molar-refractivity contribution is 6.69. The molecular weight excluding hydrogens is 449 g/mol. The lowest BCUT2D eigenvalue weighted by Crippen LogP contribution is -2.49. The zero-order valence-electron chi connectivity index (χ0n) is 18.7. The highest BCUT2D eigenvalue weighted by Gasteiger charge is 2.37. The minimum atomic E-state index is -1.03. The van der Waals surface area contributed by atoms with Crippen LogP contribution in [0.5, 0.6) is 0 Å². The van der Waals surface area contributed by atoms with Crippen molar-refractivity contribution >= 4 is 40.0 Å². The second-order valence-corrected chi connectivity index (χ2v) is 9.42. The van der Waals surface area contributed by atoms with Gasteiger partial charge in [-0.3, -0.25) is 10.2 Å². The van der Waals surface area contributed by atoms with Gasteiger partial charge in [-0.05, 0) is 61.6 Å². The predicted molar refractivity (Wildman–Crippen MR) is 129 cm³/mol. The molecule has 1 aliphatic heterocycles. The largest absolute Gasteiger partial charge is 0.394 e. The number of hydrogen-bond acceptors (Lipinski definition) is 5. The Morgan fingerprint density at radius 2 is 2.00 bits per heavy atom. The first-order chi connectivity index (χ1) is 15.0. The van der Waals surface area contributed by atoms with Gasteiger partial charge in [-0.25, -0.2) is 0 Å². The predicted octanol–water partition coefficient (Wildman–Crippen LogP) is 4.22. The molecule has 0 saturated heterocycles. The topological polar surface area (TPSA) is 96.7 Å². The van der Waals surface area contributed by atoms with Crippen molar-refractivity contribution in [2.24, 2.45) is 0 Å². The molecule has 2 aromatic rings. The summed E-state index contributed by atoms with van der Waals surface area (Å²) < 4.78 is 0. The first-order valence-electron chi connectivity index (χ1n) is 10.5. The van der Waals surface area contributed by atoms with E-state index in [1.807, 2.05) is 25.1 Å². The van der Waals surface area contributed by atoms with Gasteiger partial charge in [0.25, 0.3) is 0 Å². The van der Waals surface area contributed by atoms with Crippen molar-refractivity contribution in [1.82, 2.24) is 4.90 Å². The van der Waals surface area contributed by atoms with E-state index in [2.05, 4.69) is 5.32 Å². The molecule has 0 unspecified atom stereocenters. The Morgan fingerprint density at radius 1 is 1.31 bits per heavy atom. The van der Waals surface area contributed by atoms with E-state index in [4.69, 9.17) is 28.6 Å². The molecule has 1 amide bonds. The Balaban J connectivity index is 2.03. The molecule has 1 heterocycles. The van der Waals surface area contributed by atoms with Crippen LogP contribution in [-0.2, 0) is 23.2 Å². The summed E-state index contributed by atoms with van der Waals surface area (Å²) >= 11 is 12.5. The molecule has 8 heteroatoms. The van der Waals surface area contributed by atoms with E-state index in [0.717, 1.165) is 16.7 Å². The number of amides is 1. The third-order valence-corrected chi connectivity index (χ3v) is 6.69. The van der Waals surface area contributed by atoms with Gasteiger partial charge in [0.2, 0.25) is 5.91 Å². The third kappa shape index (κ3) is 4.50. The lowest BCUT2D eigenvalue weighted by Gasteiger charge is -2.43. The maximum absolute atomic E-state index is 13.5. The summed E-state index contributed by atoms with van der Waals surface area (Å²) in [5.41, 5.74) is 3.16. The van der Waals surface area contributed by atoms with E-state index in [1.165, 1.54) is 0 Å². The van der Waals surface area contributed by atoms with Crippen molar-refractivity contribution in [2.45, 2.75) is 51.3 Å². The van der Waals surface area contributed by atoms with Crippen LogP contribution in [0, 0.1) is 5.41 Å². The number of rotatable bonds is 6. The fourth-order valence-corrected chi connectivity index (χ4v) is 5.11. The van der Waals surface area contributed by atoms with Gasteiger partial charge in [-0.2, -0.15) is 0 Å². The fraction of sp³-hybridized carbons (Fsp3) is 0.417. The van der Waals surface area contributed by atoms with Crippen molar-refractivity contribution in [3.05, 3.63) is 63.2 Å². The lowest BCUT2D eigenvalue weighted by atomic mass is 9.81. The molecule has 0 fully saturated rings. The second kappa shape index (κ2) is 9.40. The number of aliphatic hydroxyl groups is 2. The van der Waals surface area contributed by atoms with Crippen LogP contribution in [0.1, 0.15) is 54.6 Å². The summed E-state index contributed by atoms with van der Waals surface area (Å²) in [5, 5.41) is 31.9. The van der Waals surface area contributed by atoms with Crippen LogP contribution in [0.15, 0.2) is 30.3 Å². The SMILES string of the molecule is CNc1ccc(Cl)c(CC(=O)N2[C@@H](CO)Cc3c(cccc3C(C)(C)O)[C@@H]2C)c1C(=N)Cl. The average molecular weight is 478 g/mol. The molecule has 172 valence electrons. The number of anilines is 1. The number of hydrogen-bond donors (Lipinski definition) is 4. The number of carbonyl (C=O) groups is 1. The summed E-state index contributed by atoms with van der Waals surface area (Å²) in [6, 6.07) is 8.36. The van der Waals surface area contributed by atoms with Gasteiger partial charge < -0.3 is 20.4 Å². The standard InChI is InChI=1S/C24H29Cl2N3O3/c1-13-15-6-5-7-18(24(2,3)32)16(15)10-14(12-30)29(13)21(31)11-17-19(25)8-9-20(28-4)22(17)23(26)27/h5-9,13-14,27-28,30,32H,10-12H2,1-4H3/t13-,14+/m0/s1. The van der Waals surface area contributed by atoms with Crippen molar-refractivity contribution in [3.63, 3.8) is 0 Å². The minimum Gasteiger partial charge on any atom is -0.394 e. The van der Waals surface area contributed by atoms with Gasteiger partial charge in [0, 0.05) is 23.3 Å². The number of halogens is 2. The first-order valence-corrected chi connectivity index (χ1v) is 11.3. The van der Waals surface area contributed by atoms with Gasteiger partial charge in [0.1, 0.15) is 5.17 Å². The third-order valence-electron chi connectivity index (χ3n) is 6.14. The van der Waals surface area contributed by atoms with E-state index in [-0.39, 0.29) is 30.1 Å². The molecule has 0 saturated carbocycles. The highest BCUT2D eigenvalue weighted by atomic mass is 35.5. The van der Waals surface area contributed by atoms with Crippen LogP contribution in [0.2, 0.25) is 5.02 Å². The van der Waals surface area contributed by atoms with Crippen molar-refractivity contribution in [2.75, 3.05) is 19.0 Å². The Kier molecular flexibility index (Phi) is 7.20. The van der Waals surface area contributed by atoms with Crippen LogP contribution < -0.4 is 5.32 Å². The van der Waals surface area contributed by atoms with Crippen molar-refractivity contribution in [3.8, 4) is 0 Å². The van der Waals surface area contributed by atoms with Crippen LogP contribution in [0.3, 0.4) is 0 Å². The fourth-order valence-electron chi connectivity index (χ4n) is 4.67. The molecule has 0 bridgehead atoms. The monoisotopic (exact) mass is 477 g/mol. The van der Waals surface area contributed by atoms with Crippen molar-refractivity contribution < 1.29 is 15.0 Å². The van der Waals surface area contributed by atoms with E-state index in [0.29, 0.717) is 28.3 Å². The molecule has 0 radical (unpaired) electrons. The normalized spacial score (nSPS) is 18.3. The maximum Gasteiger partial charge on any atom is 0.227 e. The van der Waals surface area contributed by atoms with Crippen LogP contribution in [0.4, 0.5) is 5.69 Å². The van der Waals surface area contributed by atoms with Gasteiger partial charge in [-0.1, -0.05) is 41.4 Å². The molecule has 0 spiro atoms. The second-order valence-electron chi connectivity index (χ2n) is 8.64. The molecule has 0 aromatic heterocycles. The van der Waals surface area contributed by atoms with Crippen LogP contribution in [0.25, 0.3) is 0 Å². The molecule has 0 aliphatic carbocycles. The average Bonchev–Trinajstić information content (AvgIpc) is 2.73. The quantitative estimate of drug-likeness (QED) is 0.468. The molecule has 6 nitrogen and oxygen atoms in total. The summed E-state index contributed by atoms with van der Waals surface area (Å²) in [6.07, 6.45) is 0.380. The molecule has 32 heavy (non-hydrogen) atoms. The van der Waals surface area contributed by atoms with Gasteiger partial charge in [-0.15, -0.1) is 0 Å². The Bertz CT molecular complexity index is 1050. The molecule has 2 atom stereocenters. The summed E-state index contributed by atoms with van der Waals surface area (Å²) in [6.45, 7) is 5.18. The van der Waals surface area contributed by atoms with E-state index >= 15 is 0 Å². The number of nitrogens with zero attached hydrogens (tertiary/aromatic N) is 1. The zero-order chi connectivity index (χ0) is 23.8. The highest BCUT2D eigenvalue weighted by Crippen LogP contribution is 2.39.